The molecule has 0 saturated carbocycles. The third-order valence-electron chi connectivity index (χ3n) is 2.95. The highest BCUT2D eigenvalue weighted by molar-refractivity contribution is 6.30. The van der Waals surface area contributed by atoms with E-state index in [1.165, 1.54) is 6.07 Å². The molecule has 0 fully saturated rings. The molecule has 2 aromatic rings. The number of rotatable bonds is 5. The summed E-state index contributed by atoms with van der Waals surface area (Å²) >= 11 is 5.73. The highest BCUT2D eigenvalue weighted by atomic mass is 35.5. The van der Waals surface area contributed by atoms with E-state index in [1.807, 2.05) is 0 Å². The summed E-state index contributed by atoms with van der Waals surface area (Å²) in [6, 6.07) is 9.38. The Bertz CT molecular complexity index is 721. The predicted molar refractivity (Wildman–Crippen MR) is 83.4 cm³/mol. The van der Waals surface area contributed by atoms with Crippen molar-refractivity contribution in [1.82, 2.24) is 5.32 Å². The lowest BCUT2D eigenvalue weighted by Gasteiger charge is -2.07. The molecule has 0 aliphatic carbocycles. The molecule has 0 aliphatic heterocycles. The first kappa shape index (κ1) is 16.9. The van der Waals surface area contributed by atoms with Crippen LogP contribution in [0.1, 0.15) is 16.8 Å². The number of amides is 2. The zero-order valence-electron chi connectivity index (χ0n) is 11.9. The fraction of sp³-hybridized carbons (Fsp3) is 0.125. The van der Waals surface area contributed by atoms with Crippen LogP contribution < -0.4 is 10.6 Å². The van der Waals surface area contributed by atoms with Crippen molar-refractivity contribution in [2.24, 2.45) is 0 Å². The van der Waals surface area contributed by atoms with Gasteiger partial charge in [-0.15, -0.1) is 0 Å². The van der Waals surface area contributed by atoms with Gasteiger partial charge in [-0.05, 0) is 36.4 Å². The highest BCUT2D eigenvalue weighted by Gasteiger charge is 2.08. The summed E-state index contributed by atoms with van der Waals surface area (Å²) < 4.78 is 25.8. The molecule has 4 nitrogen and oxygen atoms in total. The van der Waals surface area contributed by atoms with Gasteiger partial charge in [-0.3, -0.25) is 9.59 Å². The second-order valence-corrected chi connectivity index (χ2v) is 5.13. The smallest absolute Gasteiger partial charge is 0.251 e. The fourth-order valence-corrected chi connectivity index (χ4v) is 1.92. The van der Waals surface area contributed by atoms with Crippen LogP contribution in [0.25, 0.3) is 0 Å². The van der Waals surface area contributed by atoms with Gasteiger partial charge in [0.2, 0.25) is 5.91 Å². The van der Waals surface area contributed by atoms with Gasteiger partial charge in [-0.25, -0.2) is 8.78 Å². The van der Waals surface area contributed by atoms with Crippen LogP contribution in [0.3, 0.4) is 0 Å². The van der Waals surface area contributed by atoms with E-state index in [-0.39, 0.29) is 24.6 Å². The van der Waals surface area contributed by atoms with Gasteiger partial charge in [-0.1, -0.05) is 11.6 Å². The molecular weight excluding hydrogens is 326 g/mol. The lowest BCUT2D eigenvalue weighted by Crippen LogP contribution is -2.27. The Balaban J connectivity index is 1.79. The lowest BCUT2D eigenvalue weighted by atomic mass is 10.2. The van der Waals surface area contributed by atoms with E-state index in [2.05, 4.69) is 10.6 Å². The van der Waals surface area contributed by atoms with E-state index < -0.39 is 17.5 Å². The molecule has 23 heavy (non-hydrogen) atoms. The number of carbonyl (C=O) groups excluding carboxylic acids is 2. The van der Waals surface area contributed by atoms with Crippen LogP contribution in [0.5, 0.6) is 0 Å². The number of halogens is 3. The normalized spacial score (nSPS) is 10.2. The minimum absolute atomic E-state index is 0.00166. The quantitative estimate of drug-likeness (QED) is 0.878. The molecule has 0 aliphatic rings. The summed E-state index contributed by atoms with van der Waals surface area (Å²) in [5.41, 5.74) is 0.577. The first-order valence-electron chi connectivity index (χ1n) is 6.74. The van der Waals surface area contributed by atoms with Crippen molar-refractivity contribution in [3.05, 3.63) is 64.7 Å². The minimum atomic E-state index is -1.04. The Labute approximate surface area is 136 Å². The molecule has 7 heteroatoms. The summed E-state index contributed by atoms with van der Waals surface area (Å²) in [5, 5.41) is 5.52. The van der Waals surface area contributed by atoms with Crippen molar-refractivity contribution in [3.8, 4) is 0 Å². The first-order valence-corrected chi connectivity index (χ1v) is 7.12. The van der Waals surface area contributed by atoms with Gasteiger partial charge in [0, 0.05) is 35.3 Å². The third-order valence-corrected chi connectivity index (χ3v) is 3.20. The van der Waals surface area contributed by atoms with Crippen LogP contribution in [-0.2, 0) is 4.79 Å². The van der Waals surface area contributed by atoms with E-state index in [0.717, 1.165) is 12.1 Å². The van der Waals surface area contributed by atoms with Crippen molar-refractivity contribution < 1.29 is 18.4 Å². The SMILES string of the molecule is O=C(CCNC(=O)c1ccc(Cl)cc1)Nc1ccc(F)c(F)c1. The zero-order chi connectivity index (χ0) is 16.8. The van der Waals surface area contributed by atoms with E-state index in [1.54, 1.807) is 24.3 Å². The maximum atomic E-state index is 13.0. The molecule has 0 spiro atoms. The van der Waals surface area contributed by atoms with Gasteiger partial charge in [0.05, 0.1) is 0 Å². The monoisotopic (exact) mass is 338 g/mol. The molecule has 0 radical (unpaired) electrons. The number of hydrogen-bond donors (Lipinski definition) is 2. The molecule has 0 atom stereocenters. The molecule has 2 rings (SSSR count). The van der Waals surface area contributed by atoms with Crippen LogP contribution >= 0.6 is 11.6 Å². The number of nitrogens with one attached hydrogen (secondary N) is 2. The largest absolute Gasteiger partial charge is 0.352 e. The van der Waals surface area contributed by atoms with Crippen LogP contribution in [0.4, 0.5) is 14.5 Å². The summed E-state index contributed by atoms with van der Waals surface area (Å²) in [6.07, 6.45) is -0.00166. The number of carbonyl (C=O) groups is 2. The molecule has 0 aromatic heterocycles. The molecule has 2 amide bonds. The fourth-order valence-electron chi connectivity index (χ4n) is 1.79. The Morgan fingerprint density at radius 1 is 1.00 bits per heavy atom. The van der Waals surface area contributed by atoms with Crippen molar-refractivity contribution in [2.75, 3.05) is 11.9 Å². The molecule has 2 aromatic carbocycles. The van der Waals surface area contributed by atoms with Crippen molar-refractivity contribution >= 4 is 29.1 Å². The average Bonchev–Trinajstić information content (AvgIpc) is 2.51. The minimum Gasteiger partial charge on any atom is -0.352 e. The highest BCUT2D eigenvalue weighted by Crippen LogP contribution is 2.13. The van der Waals surface area contributed by atoms with E-state index in [4.69, 9.17) is 11.6 Å². The van der Waals surface area contributed by atoms with Gasteiger partial charge >= 0.3 is 0 Å². The van der Waals surface area contributed by atoms with Crippen LogP contribution in [0.15, 0.2) is 42.5 Å². The lowest BCUT2D eigenvalue weighted by molar-refractivity contribution is -0.116. The van der Waals surface area contributed by atoms with Gasteiger partial charge in [-0.2, -0.15) is 0 Å². The maximum Gasteiger partial charge on any atom is 0.251 e. The second-order valence-electron chi connectivity index (χ2n) is 4.69. The molecule has 0 bridgehead atoms. The second kappa shape index (κ2) is 7.69. The van der Waals surface area contributed by atoms with Gasteiger partial charge in [0.1, 0.15) is 0 Å². The van der Waals surface area contributed by atoms with E-state index >= 15 is 0 Å². The topological polar surface area (TPSA) is 58.2 Å². The molecular formula is C16H13ClF2N2O2. The van der Waals surface area contributed by atoms with Crippen molar-refractivity contribution in [3.63, 3.8) is 0 Å². The summed E-state index contributed by atoms with van der Waals surface area (Å²) in [6.45, 7) is 0.108. The summed E-state index contributed by atoms with van der Waals surface area (Å²) in [5.74, 6) is -2.79. The van der Waals surface area contributed by atoms with E-state index in [0.29, 0.717) is 10.6 Å². The zero-order valence-corrected chi connectivity index (χ0v) is 12.7. The Hall–Kier alpha value is -2.47. The first-order chi connectivity index (χ1) is 11.0. The van der Waals surface area contributed by atoms with Crippen LogP contribution in [0.2, 0.25) is 5.02 Å². The standard InChI is InChI=1S/C16H13ClF2N2O2/c17-11-3-1-10(2-4-11)16(23)20-8-7-15(22)21-12-5-6-13(18)14(19)9-12/h1-6,9H,7-8H2,(H,20,23)(H,21,22). The van der Waals surface area contributed by atoms with Gasteiger partial charge < -0.3 is 10.6 Å². The van der Waals surface area contributed by atoms with Crippen molar-refractivity contribution in [2.45, 2.75) is 6.42 Å². The summed E-state index contributed by atoms with van der Waals surface area (Å²) in [4.78, 5) is 23.5. The van der Waals surface area contributed by atoms with E-state index in [9.17, 15) is 18.4 Å². The Kier molecular flexibility index (Phi) is 5.65. The molecule has 120 valence electrons. The number of hydrogen-bond acceptors (Lipinski definition) is 2. The van der Waals surface area contributed by atoms with Crippen LogP contribution in [0, 0.1) is 11.6 Å². The number of benzene rings is 2. The average molecular weight is 339 g/mol. The molecule has 2 N–H and O–H groups in total. The Morgan fingerprint density at radius 3 is 2.35 bits per heavy atom. The molecule has 0 unspecified atom stereocenters. The molecule has 0 saturated heterocycles. The van der Waals surface area contributed by atoms with Gasteiger partial charge in [0.25, 0.3) is 5.91 Å². The Morgan fingerprint density at radius 2 is 1.70 bits per heavy atom. The predicted octanol–water partition coefficient (Wildman–Crippen LogP) is 3.38. The third kappa shape index (κ3) is 5.03. The van der Waals surface area contributed by atoms with Gasteiger partial charge in [0.15, 0.2) is 11.6 Å². The summed E-state index contributed by atoms with van der Waals surface area (Å²) in [7, 11) is 0. The maximum absolute atomic E-state index is 13.0. The number of anilines is 1. The van der Waals surface area contributed by atoms with Crippen LogP contribution in [-0.4, -0.2) is 18.4 Å². The molecule has 0 heterocycles. The van der Waals surface area contributed by atoms with Crippen molar-refractivity contribution in [1.29, 1.82) is 0 Å².